The van der Waals surface area contributed by atoms with Crippen molar-refractivity contribution in [1.29, 1.82) is 0 Å². The third-order valence-electron chi connectivity index (χ3n) is 0.907. The molecule has 0 saturated heterocycles. The fraction of sp³-hybridized carbons (Fsp3) is 0.250. The Morgan fingerprint density at radius 3 is 2.40 bits per heavy atom. The molecule has 2 heteroatoms. The lowest BCUT2D eigenvalue weighted by Gasteiger charge is -1.89. The van der Waals surface area contributed by atoms with Crippen LogP contribution in [0, 0.1) is 0 Å². The molecule has 0 unspecified atom stereocenters. The molecule has 0 aromatic carbocycles. The zero-order chi connectivity index (χ0) is 7.98. The third kappa shape index (κ3) is 3.76. The van der Waals surface area contributed by atoms with Crippen molar-refractivity contribution in [2.24, 2.45) is 0 Å². The first-order chi connectivity index (χ1) is 4.72. The molecule has 0 radical (unpaired) electrons. The van der Waals surface area contributed by atoms with Crippen LogP contribution in [0.4, 0.5) is 0 Å². The summed E-state index contributed by atoms with van der Waals surface area (Å²) in [7, 11) is 0. The molecule has 0 nitrogen and oxygen atoms in total. The topological polar surface area (TPSA) is 0 Å². The first-order valence-electron chi connectivity index (χ1n) is 3.06. The van der Waals surface area contributed by atoms with Crippen molar-refractivity contribution in [3.05, 3.63) is 34.9 Å². The van der Waals surface area contributed by atoms with Crippen LogP contribution < -0.4 is 0 Å². The van der Waals surface area contributed by atoms with Crippen LogP contribution in [0.15, 0.2) is 34.9 Å². The zero-order valence-corrected chi connectivity index (χ0v) is 7.41. The maximum atomic E-state index is 5.70. The molecule has 0 heterocycles. The molecule has 56 valence electrons. The smallest absolute Gasteiger partial charge is 0.0588 e. The van der Waals surface area contributed by atoms with Crippen molar-refractivity contribution < 1.29 is 0 Å². The van der Waals surface area contributed by atoms with Gasteiger partial charge >= 0.3 is 0 Å². The molecular weight excluding hydrogens is 167 g/mol. The van der Waals surface area contributed by atoms with E-state index >= 15 is 0 Å². The largest absolute Gasteiger partial charge is 0.0975 e. The molecule has 0 atom stereocenters. The van der Waals surface area contributed by atoms with Gasteiger partial charge in [-0.2, -0.15) is 0 Å². The van der Waals surface area contributed by atoms with Gasteiger partial charge in [0.25, 0.3) is 0 Å². The van der Waals surface area contributed by atoms with E-state index in [1.165, 1.54) is 6.08 Å². The van der Waals surface area contributed by atoms with Crippen LogP contribution in [0.2, 0.25) is 0 Å². The van der Waals surface area contributed by atoms with E-state index in [0.29, 0.717) is 10.1 Å². The van der Waals surface area contributed by atoms with Crippen molar-refractivity contribution in [2.75, 3.05) is 0 Å². The summed E-state index contributed by atoms with van der Waals surface area (Å²) in [5.41, 5.74) is 0. The number of allylic oxidation sites excluding steroid dienone is 5. The summed E-state index contributed by atoms with van der Waals surface area (Å²) < 4.78 is 0. The fourth-order valence-corrected chi connectivity index (χ4v) is 0.628. The Morgan fingerprint density at radius 1 is 1.40 bits per heavy atom. The van der Waals surface area contributed by atoms with Crippen LogP contribution in [-0.2, 0) is 0 Å². The summed E-state index contributed by atoms with van der Waals surface area (Å²) in [6, 6.07) is 0. The molecule has 0 rings (SSSR count). The predicted molar refractivity (Wildman–Crippen MR) is 48.4 cm³/mol. The Hall–Kier alpha value is -0.200. The van der Waals surface area contributed by atoms with Crippen molar-refractivity contribution >= 4 is 23.2 Å². The summed E-state index contributed by atoms with van der Waals surface area (Å²) >= 11 is 11.3. The zero-order valence-electron chi connectivity index (χ0n) is 5.90. The lowest BCUT2D eigenvalue weighted by atomic mass is 10.4. The van der Waals surface area contributed by atoms with Gasteiger partial charge in [0.2, 0.25) is 0 Å². The van der Waals surface area contributed by atoms with Crippen LogP contribution >= 0.6 is 23.2 Å². The van der Waals surface area contributed by atoms with E-state index in [-0.39, 0.29) is 0 Å². The van der Waals surface area contributed by atoms with Crippen molar-refractivity contribution in [3.8, 4) is 0 Å². The van der Waals surface area contributed by atoms with E-state index in [1.54, 1.807) is 6.08 Å². The maximum Gasteiger partial charge on any atom is 0.0588 e. The summed E-state index contributed by atoms with van der Waals surface area (Å²) in [6.07, 6.45) is 6.18. The van der Waals surface area contributed by atoms with Gasteiger partial charge in [-0.15, -0.1) is 0 Å². The quantitative estimate of drug-likeness (QED) is 0.574. The Balaban J connectivity index is 4.17. The maximum absolute atomic E-state index is 5.70. The third-order valence-corrected chi connectivity index (χ3v) is 1.69. The molecule has 0 N–H and O–H groups in total. The molecule has 0 amide bonds. The normalized spacial score (nSPS) is 13.5. The minimum absolute atomic E-state index is 0.492. The van der Waals surface area contributed by atoms with E-state index < -0.39 is 0 Å². The summed E-state index contributed by atoms with van der Waals surface area (Å²) in [5, 5.41) is 1.03. The first kappa shape index (κ1) is 9.80. The van der Waals surface area contributed by atoms with Crippen LogP contribution in [0.3, 0.4) is 0 Å². The van der Waals surface area contributed by atoms with E-state index in [2.05, 4.69) is 6.58 Å². The van der Waals surface area contributed by atoms with E-state index in [0.717, 1.165) is 6.42 Å². The number of rotatable bonds is 3. The minimum atomic E-state index is 0.492. The van der Waals surface area contributed by atoms with Gasteiger partial charge in [-0.05, 0) is 18.6 Å². The van der Waals surface area contributed by atoms with E-state index in [4.69, 9.17) is 23.2 Å². The molecule has 0 aliphatic rings. The molecule has 0 saturated carbocycles. The molecule has 0 aromatic rings. The number of halogens is 2. The van der Waals surface area contributed by atoms with Crippen molar-refractivity contribution in [2.45, 2.75) is 13.3 Å². The molecule has 0 aromatic heterocycles. The van der Waals surface area contributed by atoms with Gasteiger partial charge in [-0.25, -0.2) is 0 Å². The first-order valence-corrected chi connectivity index (χ1v) is 3.82. The fourth-order valence-electron chi connectivity index (χ4n) is 0.398. The number of hydrogen-bond donors (Lipinski definition) is 0. The van der Waals surface area contributed by atoms with Crippen LogP contribution in [0.25, 0.3) is 0 Å². The average Bonchev–Trinajstić information content (AvgIpc) is 1.98. The second-order valence-electron chi connectivity index (χ2n) is 1.71. The lowest BCUT2D eigenvalue weighted by Crippen LogP contribution is -1.67. The molecule has 10 heavy (non-hydrogen) atoms. The Morgan fingerprint density at radius 2 is 2.00 bits per heavy atom. The van der Waals surface area contributed by atoms with Crippen LogP contribution in [-0.4, -0.2) is 0 Å². The van der Waals surface area contributed by atoms with Crippen molar-refractivity contribution in [1.82, 2.24) is 0 Å². The van der Waals surface area contributed by atoms with Gasteiger partial charge in [0.05, 0.1) is 10.1 Å². The lowest BCUT2D eigenvalue weighted by molar-refractivity contribution is 1.22. The van der Waals surface area contributed by atoms with E-state index in [1.807, 2.05) is 13.0 Å². The second-order valence-corrected chi connectivity index (χ2v) is 2.53. The summed E-state index contributed by atoms with van der Waals surface area (Å²) in [4.78, 5) is 0. The molecule has 0 aliphatic carbocycles. The Labute approximate surface area is 71.8 Å². The molecule has 0 aliphatic heterocycles. The number of hydrogen-bond acceptors (Lipinski definition) is 0. The van der Waals surface area contributed by atoms with Crippen LogP contribution in [0.5, 0.6) is 0 Å². The standard InChI is InChI=1S/C8H10Cl2/c1-3-5-6-8(10)7(9)4-2/h4-6H,2-3H2,1H3/b6-5-,8-7-. The van der Waals surface area contributed by atoms with Gasteiger partial charge in [0, 0.05) is 0 Å². The van der Waals surface area contributed by atoms with E-state index in [9.17, 15) is 0 Å². The molecule has 0 bridgehead atoms. The van der Waals surface area contributed by atoms with Gasteiger partial charge in [0.1, 0.15) is 0 Å². The average molecular weight is 177 g/mol. The van der Waals surface area contributed by atoms with Gasteiger partial charge in [0.15, 0.2) is 0 Å². The molecule has 0 spiro atoms. The highest BCUT2D eigenvalue weighted by Crippen LogP contribution is 2.15. The second kappa shape index (κ2) is 5.57. The van der Waals surface area contributed by atoms with Gasteiger partial charge < -0.3 is 0 Å². The molecular formula is C8H10Cl2. The highest BCUT2D eigenvalue weighted by molar-refractivity contribution is 6.41. The monoisotopic (exact) mass is 176 g/mol. The van der Waals surface area contributed by atoms with Crippen LogP contribution in [0.1, 0.15) is 13.3 Å². The minimum Gasteiger partial charge on any atom is -0.0975 e. The van der Waals surface area contributed by atoms with Gasteiger partial charge in [-0.1, -0.05) is 42.8 Å². The Kier molecular flexibility index (Phi) is 5.46. The van der Waals surface area contributed by atoms with Crippen molar-refractivity contribution in [3.63, 3.8) is 0 Å². The Bertz CT molecular complexity index is 166. The summed E-state index contributed by atoms with van der Waals surface area (Å²) in [6.45, 7) is 5.51. The SMILES string of the molecule is C=C/C(Cl)=C(Cl)\C=C/CC. The predicted octanol–water partition coefficient (Wildman–Crippen LogP) is 3.83. The molecule has 0 fully saturated rings. The summed E-state index contributed by atoms with van der Waals surface area (Å²) in [5.74, 6) is 0. The highest BCUT2D eigenvalue weighted by atomic mass is 35.5. The highest BCUT2D eigenvalue weighted by Gasteiger charge is 1.90. The van der Waals surface area contributed by atoms with Gasteiger partial charge in [-0.3, -0.25) is 0 Å².